The van der Waals surface area contributed by atoms with Gasteiger partial charge in [-0.2, -0.15) is 5.10 Å². The number of aryl methyl sites for hydroxylation is 2. The maximum atomic E-state index is 13.8. The number of hydrazone groups is 1. The maximum Gasteiger partial charge on any atom is 0.294 e. The number of halogens is 1. The lowest BCUT2D eigenvalue weighted by atomic mass is 9.92. The van der Waals surface area contributed by atoms with E-state index in [1.807, 2.05) is 13.8 Å². The van der Waals surface area contributed by atoms with Gasteiger partial charge in [-0.3, -0.25) is 14.6 Å². The molecule has 2 aromatic heterocycles. The maximum absolute atomic E-state index is 13.8. The number of anilines is 1. The van der Waals surface area contributed by atoms with Gasteiger partial charge in [0.05, 0.1) is 5.71 Å². The highest BCUT2D eigenvalue weighted by Crippen LogP contribution is 2.35. The third kappa shape index (κ3) is 3.89. The van der Waals surface area contributed by atoms with Crippen LogP contribution in [0.2, 0.25) is 0 Å². The molecule has 0 saturated carbocycles. The summed E-state index contributed by atoms with van der Waals surface area (Å²) < 4.78 is 19.9. The molecule has 1 aliphatic heterocycles. The van der Waals surface area contributed by atoms with Crippen LogP contribution in [0.25, 0.3) is 0 Å². The topological polar surface area (TPSA) is 87.8 Å². The number of hydrogen-bond acceptors (Lipinski definition) is 5. The van der Waals surface area contributed by atoms with Crippen molar-refractivity contribution in [3.8, 4) is 0 Å². The van der Waals surface area contributed by atoms with E-state index in [0.29, 0.717) is 29.9 Å². The molecular weight excluding hydrogens is 435 g/mol. The van der Waals surface area contributed by atoms with Crippen molar-refractivity contribution in [2.75, 3.05) is 4.90 Å². The molecule has 1 aromatic carbocycles. The molecule has 5 rings (SSSR count). The molecule has 7 nitrogen and oxygen atoms in total. The highest BCUT2D eigenvalue weighted by Gasteiger charge is 2.35. The number of amides is 2. The number of rotatable bonds is 3. The standard InChI is InChI=1S/C26H25FN4O3/c1-15-9-10-17-14-18(27)11-12-21(17)31(15)26(33)24-16(2)23-19(7-5-8-22(23)34-24)29-30-25(32)20-6-3-4-13-28-20/h3-4,6,11-15H,5,7-10H2,1-2H3,(H,30,32)/b29-19+. The average molecular weight is 461 g/mol. The number of benzene rings is 1. The molecule has 1 N–H and O–H groups in total. The number of carbonyl (C=O) groups excluding carboxylic acids is 2. The Kier molecular flexibility index (Phi) is 5.73. The number of pyridine rings is 1. The summed E-state index contributed by atoms with van der Waals surface area (Å²) >= 11 is 0. The van der Waals surface area contributed by atoms with Gasteiger partial charge in [0.2, 0.25) is 0 Å². The zero-order valence-corrected chi connectivity index (χ0v) is 19.1. The molecule has 8 heteroatoms. The second-order valence-electron chi connectivity index (χ2n) is 8.76. The van der Waals surface area contributed by atoms with Gasteiger partial charge in [-0.1, -0.05) is 6.07 Å². The zero-order valence-electron chi connectivity index (χ0n) is 19.1. The van der Waals surface area contributed by atoms with E-state index in [2.05, 4.69) is 15.5 Å². The monoisotopic (exact) mass is 460 g/mol. The molecule has 2 aliphatic rings. The van der Waals surface area contributed by atoms with Crippen molar-refractivity contribution in [1.82, 2.24) is 10.4 Å². The van der Waals surface area contributed by atoms with Gasteiger partial charge < -0.3 is 9.32 Å². The first kappa shape index (κ1) is 22.0. The first-order valence-electron chi connectivity index (χ1n) is 11.5. The largest absolute Gasteiger partial charge is 0.455 e. The highest BCUT2D eigenvalue weighted by atomic mass is 19.1. The molecule has 3 heterocycles. The number of furan rings is 1. The van der Waals surface area contributed by atoms with Crippen LogP contribution in [0.1, 0.15) is 69.7 Å². The fraction of sp³-hybridized carbons (Fsp3) is 0.308. The van der Waals surface area contributed by atoms with Crippen LogP contribution >= 0.6 is 0 Å². The zero-order chi connectivity index (χ0) is 23.8. The predicted octanol–water partition coefficient (Wildman–Crippen LogP) is 4.57. The SMILES string of the molecule is Cc1c(C(=O)N2c3ccc(F)cc3CCC2C)oc2c1/C(=N/NC(=O)c1ccccn1)CCC2. The smallest absolute Gasteiger partial charge is 0.294 e. The van der Waals surface area contributed by atoms with Crippen LogP contribution in [0.4, 0.5) is 10.1 Å². The number of aromatic nitrogens is 1. The predicted molar refractivity (Wildman–Crippen MR) is 126 cm³/mol. The summed E-state index contributed by atoms with van der Waals surface area (Å²) in [6.45, 7) is 3.83. The minimum absolute atomic E-state index is 0.0437. The van der Waals surface area contributed by atoms with Crippen LogP contribution in [-0.4, -0.2) is 28.6 Å². The molecule has 34 heavy (non-hydrogen) atoms. The first-order valence-corrected chi connectivity index (χ1v) is 11.5. The summed E-state index contributed by atoms with van der Waals surface area (Å²) in [5.74, 6) is 0.00744. The van der Waals surface area contributed by atoms with Crippen LogP contribution in [0, 0.1) is 12.7 Å². The number of fused-ring (bicyclic) bond motifs is 2. The molecule has 174 valence electrons. The van der Waals surface area contributed by atoms with E-state index >= 15 is 0 Å². The van der Waals surface area contributed by atoms with Crippen molar-refractivity contribution in [2.24, 2.45) is 5.10 Å². The van der Waals surface area contributed by atoms with Gasteiger partial charge in [0.1, 0.15) is 17.3 Å². The second-order valence-corrected chi connectivity index (χ2v) is 8.76. The van der Waals surface area contributed by atoms with E-state index in [-0.39, 0.29) is 29.2 Å². The van der Waals surface area contributed by atoms with E-state index in [1.54, 1.807) is 35.4 Å². The van der Waals surface area contributed by atoms with Gasteiger partial charge in [-0.05, 0) is 75.4 Å². The Morgan fingerprint density at radius 3 is 2.85 bits per heavy atom. The van der Waals surface area contributed by atoms with Gasteiger partial charge in [0.15, 0.2) is 5.76 Å². The number of nitrogens with one attached hydrogen (secondary N) is 1. The van der Waals surface area contributed by atoms with Crippen molar-refractivity contribution < 1.29 is 18.4 Å². The Labute approximate surface area is 196 Å². The normalized spacial score (nSPS) is 18.4. The first-order chi connectivity index (χ1) is 16.4. The average Bonchev–Trinajstić information content (AvgIpc) is 3.19. The summed E-state index contributed by atoms with van der Waals surface area (Å²) in [4.78, 5) is 31.8. The van der Waals surface area contributed by atoms with Gasteiger partial charge >= 0.3 is 0 Å². The number of carbonyl (C=O) groups is 2. The minimum atomic E-state index is -0.399. The second kappa shape index (κ2) is 8.85. The lowest BCUT2D eigenvalue weighted by Crippen LogP contribution is -2.42. The minimum Gasteiger partial charge on any atom is -0.455 e. The molecule has 2 amide bonds. The Balaban J connectivity index is 1.46. The van der Waals surface area contributed by atoms with Crippen molar-refractivity contribution in [1.29, 1.82) is 0 Å². The van der Waals surface area contributed by atoms with Crippen LogP contribution in [0.15, 0.2) is 52.1 Å². The molecule has 1 aliphatic carbocycles. The molecular formula is C26H25FN4O3. The lowest BCUT2D eigenvalue weighted by Gasteiger charge is -2.34. The molecule has 3 aromatic rings. The van der Waals surface area contributed by atoms with Crippen molar-refractivity contribution in [2.45, 2.75) is 52.0 Å². The third-order valence-corrected chi connectivity index (χ3v) is 6.50. The van der Waals surface area contributed by atoms with Crippen molar-refractivity contribution in [3.05, 3.63) is 82.3 Å². The van der Waals surface area contributed by atoms with Crippen molar-refractivity contribution in [3.63, 3.8) is 0 Å². The van der Waals surface area contributed by atoms with Crippen LogP contribution in [-0.2, 0) is 12.8 Å². The summed E-state index contributed by atoms with van der Waals surface area (Å²) in [6, 6.07) is 9.59. The molecule has 1 unspecified atom stereocenters. The Hall–Kier alpha value is -3.81. The molecule has 0 fully saturated rings. The van der Waals surface area contributed by atoms with E-state index in [4.69, 9.17) is 4.42 Å². The molecule has 0 spiro atoms. The van der Waals surface area contributed by atoms with E-state index < -0.39 is 5.91 Å². The van der Waals surface area contributed by atoms with Crippen LogP contribution < -0.4 is 10.3 Å². The summed E-state index contributed by atoms with van der Waals surface area (Å²) in [5.41, 5.74) is 6.55. The van der Waals surface area contributed by atoms with Gasteiger partial charge in [-0.15, -0.1) is 0 Å². The third-order valence-electron chi connectivity index (χ3n) is 6.50. The summed E-state index contributed by atoms with van der Waals surface area (Å²) in [7, 11) is 0. The number of nitrogens with zero attached hydrogens (tertiary/aromatic N) is 3. The Morgan fingerprint density at radius 2 is 2.06 bits per heavy atom. The van der Waals surface area contributed by atoms with E-state index in [0.717, 1.165) is 36.1 Å². The fourth-order valence-electron chi connectivity index (χ4n) is 4.80. The summed E-state index contributed by atoms with van der Waals surface area (Å²) in [5, 5.41) is 4.36. The van der Waals surface area contributed by atoms with Gasteiger partial charge in [-0.25, -0.2) is 9.82 Å². The van der Waals surface area contributed by atoms with E-state index in [1.165, 1.54) is 12.1 Å². The number of hydrogen-bond donors (Lipinski definition) is 1. The Bertz CT molecular complexity index is 1300. The van der Waals surface area contributed by atoms with Gasteiger partial charge in [0, 0.05) is 35.5 Å². The Morgan fingerprint density at radius 1 is 1.21 bits per heavy atom. The molecule has 0 radical (unpaired) electrons. The highest BCUT2D eigenvalue weighted by molar-refractivity contribution is 6.11. The summed E-state index contributed by atoms with van der Waals surface area (Å²) in [6.07, 6.45) is 5.16. The van der Waals surface area contributed by atoms with Crippen LogP contribution in [0.3, 0.4) is 0 Å². The molecule has 0 saturated heterocycles. The fourth-order valence-corrected chi connectivity index (χ4v) is 4.80. The van der Waals surface area contributed by atoms with Gasteiger partial charge in [0.25, 0.3) is 11.8 Å². The quantitative estimate of drug-likeness (QED) is 0.580. The molecule has 1 atom stereocenters. The van der Waals surface area contributed by atoms with Crippen LogP contribution in [0.5, 0.6) is 0 Å². The van der Waals surface area contributed by atoms with Crippen molar-refractivity contribution >= 4 is 23.2 Å². The molecule has 0 bridgehead atoms. The lowest BCUT2D eigenvalue weighted by molar-refractivity contribution is 0.0940. The van der Waals surface area contributed by atoms with E-state index in [9.17, 15) is 14.0 Å².